The Kier molecular flexibility index (Phi) is 4.90. The Morgan fingerprint density at radius 1 is 1.23 bits per heavy atom. The highest BCUT2D eigenvalue weighted by atomic mass is 15.1. The fraction of sp³-hybridized carbons (Fsp3) is 0.737. The summed E-state index contributed by atoms with van der Waals surface area (Å²) < 4.78 is 0. The summed E-state index contributed by atoms with van der Waals surface area (Å²) in [6, 6.07) is 0.381. The minimum Gasteiger partial charge on any atom is -0.370 e. The predicted molar refractivity (Wildman–Crippen MR) is 93.5 cm³/mol. The van der Waals surface area contributed by atoms with Gasteiger partial charge >= 0.3 is 0 Å². The highest BCUT2D eigenvalue weighted by Gasteiger charge is 2.43. The van der Waals surface area contributed by atoms with Crippen LogP contribution >= 0.6 is 0 Å². The van der Waals surface area contributed by atoms with Crippen molar-refractivity contribution < 1.29 is 0 Å². The van der Waals surface area contributed by atoms with Crippen LogP contribution in [-0.4, -0.2) is 12.0 Å². The molecule has 1 aliphatic heterocycles. The number of nitrogens with one attached hydrogen (secondary N) is 1. The number of nitrogens with zero attached hydrogens (tertiary/aromatic N) is 1. The Morgan fingerprint density at radius 3 is 2.86 bits per heavy atom. The van der Waals surface area contributed by atoms with Gasteiger partial charge in [0.2, 0.25) is 0 Å². The zero-order valence-electron chi connectivity index (χ0n) is 14.1. The molecule has 0 saturated heterocycles. The molecule has 3 rings (SSSR count). The molecule has 1 heterocycles. The predicted octanol–water partition coefficient (Wildman–Crippen LogP) is 4.12. The standard InChI is InChI=1S/C19H31N3/c1-3-5-6-7-9-15-13(8-4-2)12-14-10-11-16-17(14)18(15)22-19(20)21-16/h6-7,13-16H,3-5,8-12H2,1-2H3,(H3,20,21,22)/b7-6-/t13-,14-,15-,16-/m0/s1. The summed E-state index contributed by atoms with van der Waals surface area (Å²) in [5.41, 5.74) is 9.13. The van der Waals surface area contributed by atoms with Crippen molar-refractivity contribution >= 4 is 5.96 Å². The highest BCUT2D eigenvalue weighted by Crippen LogP contribution is 2.49. The van der Waals surface area contributed by atoms with E-state index in [0.717, 1.165) is 18.3 Å². The van der Waals surface area contributed by atoms with Gasteiger partial charge in [-0.3, -0.25) is 0 Å². The van der Waals surface area contributed by atoms with Crippen LogP contribution in [0.1, 0.15) is 65.2 Å². The van der Waals surface area contributed by atoms with Gasteiger partial charge in [-0.2, -0.15) is 0 Å². The SMILES string of the molecule is CCC/C=C\C[C@@H]1C2=C3[C@@H](CC[C@@H]3N=C(N)N2)C[C@@H]1CCC. The molecule has 0 aromatic carbocycles. The van der Waals surface area contributed by atoms with E-state index in [1.165, 1.54) is 50.6 Å². The Morgan fingerprint density at radius 2 is 2.09 bits per heavy atom. The van der Waals surface area contributed by atoms with Gasteiger partial charge in [-0.15, -0.1) is 0 Å². The summed E-state index contributed by atoms with van der Waals surface area (Å²) in [6.45, 7) is 4.55. The first kappa shape index (κ1) is 15.6. The van der Waals surface area contributed by atoms with Crippen LogP contribution in [0.25, 0.3) is 0 Å². The molecular weight excluding hydrogens is 270 g/mol. The van der Waals surface area contributed by atoms with Crippen molar-refractivity contribution in [2.45, 2.75) is 71.3 Å². The normalized spacial score (nSPS) is 33.8. The van der Waals surface area contributed by atoms with Gasteiger partial charge < -0.3 is 11.1 Å². The zero-order valence-corrected chi connectivity index (χ0v) is 14.1. The van der Waals surface area contributed by atoms with E-state index >= 15 is 0 Å². The first-order chi connectivity index (χ1) is 10.7. The van der Waals surface area contributed by atoms with Crippen LogP contribution in [0.4, 0.5) is 0 Å². The first-order valence-electron chi connectivity index (χ1n) is 9.23. The third-order valence-corrected chi connectivity index (χ3v) is 5.65. The smallest absolute Gasteiger partial charge is 0.193 e. The van der Waals surface area contributed by atoms with Crippen molar-refractivity contribution in [1.82, 2.24) is 5.32 Å². The number of allylic oxidation sites excluding steroid dienone is 3. The molecule has 22 heavy (non-hydrogen) atoms. The molecule has 0 radical (unpaired) electrons. The lowest BCUT2D eigenvalue weighted by Crippen LogP contribution is -2.44. The summed E-state index contributed by atoms with van der Waals surface area (Å²) in [5, 5.41) is 3.47. The number of hydrogen-bond acceptors (Lipinski definition) is 3. The van der Waals surface area contributed by atoms with E-state index in [9.17, 15) is 0 Å². The number of aliphatic imine (C=N–C) groups is 1. The molecule has 3 nitrogen and oxygen atoms in total. The summed E-state index contributed by atoms with van der Waals surface area (Å²) in [6.07, 6.45) is 14.8. The maximum absolute atomic E-state index is 6.07. The lowest BCUT2D eigenvalue weighted by atomic mass is 9.70. The summed E-state index contributed by atoms with van der Waals surface area (Å²) in [5.74, 6) is 2.83. The van der Waals surface area contributed by atoms with E-state index < -0.39 is 0 Å². The maximum Gasteiger partial charge on any atom is 0.193 e. The molecule has 3 heteroatoms. The van der Waals surface area contributed by atoms with E-state index in [0.29, 0.717) is 17.9 Å². The number of guanidine groups is 1. The topological polar surface area (TPSA) is 50.4 Å². The van der Waals surface area contributed by atoms with Gasteiger partial charge in [-0.05, 0) is 49.5 Å². The Bertz CT molecular complexity index is 489. The molecule has 2 aliphatic carbocycles. The van der Waals surface area contributed by atoms with E-state index in [4.69, 9.17) is 5.73 Å². The van der Waals surface area contributed by atoms with E-state index in [-0.39, 0.29) is 0 Å². The van der Waals surface area contributed by atoms with Crippen LogP contribution in [0.15, 0.2) is 28.4 Å². The molecular formula is C19H31N3. The fourth-order valence-corrected chi connectivity index (χ4v) is 4.73. The molecule has 122 valence electrons. The second-order valence-electron chi connectivity index (χ2n) is 7.19. The molecule has 0 amide bonds. The largest absolute Gasteiger partial charge is 0.370 e. The molecule has 1 fully saturated rings. The number of rotatable bonds is 6. The third-order valence-electron chi connectivity index (χ3n) is 5.65. The van der Waals surface area contributed by atoms with Crippen LogP contribution in [0, 0.1) is 17.8 Å². The molecule has 0 spiro atoms. The van der Waals surface area contributed by atoms with Crippen LogP contribution < -0.4 is 11.1 Å². The maximum atomic E-state index is 6.07. The lowest BCUT2D eigenvalue weighted by Gasteiger charge is -2.40. The highest BCUT2D eigenvalue weighted by molar-refractivity contribution is 5.82. The van der Waals surface area contributed by atoms with E-state index in [1.807, 2.05) is 0 Å². The number of unbranched alkanes of at least 4 members (excludes halogenated alkanes) is 1. The molecule has 0 unspecified atom stereocenters. The summed E-state index contributed by atoms with van der Waals surface area (Å²) in [7, 11) is 0. The second kappa shape index (κ2) is 6.89. The molecule has 4 atom stereocenters. The van der Waals surface area contributed by atoms with Crippen LogP contribution in [0.2, 0.25) is 0 Å². The van der Waals surface area contributed by atoms with Gasteiger partial charge in [0.25, 0.3) is 0 Å². The first-order valence-corrected chi connectivity index (χ1v) is 9.23. The Balaban J connectivity index is 1.84. The number of nitrogens with two attached hydrogens (primary N) is 1. The second-order valence-corrected chi connectivity index (χ2v) is 7.19. The lowest BCUT2D eigenvalue weighted by molar-refractivity contribution is 0.261. The molecule has 0 bridgehead atoms. The van der Waals surface area contributed by atoms with Gasteiger partial charge in [0, 0.05) is 11.6 Å². The fourth-order valence-electron chi connectivity index (χ4n) is 4.73. The van der Waals surface area contributed by atoms with E-state index in [1.54, 1.807) is 5.57 Å². The molecule has 3 N–H and O–H groups in total. The van der Waals surface area contributed by atoms with Crippen LogP contribution in [0.5, 0.6) is 0 Å². The molecule has 0 aromatic heterocycles. The minimum absolute atomic E-state index is 0.381. The van der Waals surface area contributed by atoms with Crippen LogP contribution in [-0.2, 0) is 0 Å². The Hall–Kier alpha value is -1.25. The molecule has 1 saturated carbocycles. The van der Waals surface area contributed by atoms with E-state index in [2.05, 4.69) is 36.3 Å². The van der Waals surface area contributed by atoms with Crippen molar-refractivity contribution in [1.29, 1.82) is 0 Å². The molecule has 0 aromatic rings. The third kappa shape index (κ3) is 2.95. The quantitative estimate of drug-likeness (QED) is 0.725. The van der Waals surface area contributed by atoms with Crippen molar-refractivity contribution in [3.05, 3.63) is 23.4 Å². The average Bonchev–Trinajstić information content (AvgIpc) is 2.89. The van der Waals surface area contributed by atoms with Gasteiger partial charge in [0.1, 0.15) is 0 Å². The van der Waals surface area contributed by atoms with Gasteiger partial charge in [0.15, 0.2) is 5.96 Å². The minimum atomic E-state index is 0.381. The van der Waals surface area contributed by atoms with Crippen molar-refractivity contribution in [2.75, 3.05) is 0 Å². The van der Waals surface area contributed by atoms with Gasteiger partial charge in [-0.1, -0.05) is 45.3 Å². The van der Waals surface area contributed by atoms with Crippen molar-refractivity contribution in [3.8, 4) is 0 Å². The van der Waals surface area contributed by atoms with Gasteiger partial charge in [0.05, 0.1) is 6.04 Å². The Labute approximate surface area is 135 Å². The molecule has 3 aliphatic rings. The van der Waals surface area contributed by atoms with Gasteiger partial charge in [-0.25, -0.2) is 4.99 Å². The average molecular weight is 301 g/mol. The van der Waals surface area contributed by atoms with Crippen molar-refractivity contribution in [3.63, 3.8) is 0 Å². The summed E-state index contributed by atoms with van der Waals surface area (Å²) >= 11 is 0. The monoisotopic (exact) mass is 301 g/mol. The van der Waals surface area contributed by atoms with Crippen LogP contribution in [0.3, 0.4) is 0 Å². The summed E-state index contributed by atoms with van der Waals surface area (Å²) in [4.78, 5) is 4.65. The van der Waals surface area contributed by atoms with Crippen molar-refractivity contribution in [2.24, 2.45) is 28.5 Å². The zero-order chi connectivity index (χ0) is 15.5. The number of hydrogen-bond donors (Lipinski definition) is 2.